The van der Waals surface area contributed by atoms with Gasteiger partial charge in [0.1, 0.15) is 0 Å². The molecule has 2 amide bonds. The number of carboxylic acid groups (broad SMARTS) is 6. The lowest BCUT2D eigenvalue weighted by Crippen LogP contribution is -2.42. The third-order valence-electron chi connectivity index (χ3n) is 11.5. The Bertz CT molecular complexity index is 2010. The fraction of sp³-hybridized carbons (Fsp3) is 0.600. The number of amides is 2. The van der Waals surface area contributed by atoms with E-state index >= 15 is 0 Å². The minimum Gasteiger partial charge on any atom is -0.481 e. The molecule has 3 rings (SSSR count). The van der Waals surface area contributed by atoms with Gasteiger partial charge >= 0.3 is 35.8 Å². The minimum atomic E-state index is -2.74. The predicted octanol–water partition coefficient (Wildman–Crippen LogP) is 5.36. The molecule has 0 saturated carbocycles. The van der Waals surface area contributed by atoms with Gasteiger partial charge in [0.05, 0.1) is 25.7 Å². The van der Waals surface area contributed by atoms with Gasteiger partial charge < -0.3 is 65.9 Å². The molecule has 0 radical (unpaired) electrons. The molecule has 71 heavy (non-hydrogen) atoms. The second-order valence-electron chi connectivity index (χ2n) is 17.5. The van der Waals surface area contributed by atoms with Crippen LogP contribution >= 0.6 is 0 Å². The first-order chi connectivity index (χ1) is 33.5. The number of hydrogen-bond donors (Lipinski definition) is 10. The van der Waals surface area contributed by atoms with Crippen molar-refractivity contribution in [2.24, 2.45) is 0 Å². The van der Waals surface area contributed by atoms with Gasteiger partial charge in [0.2, 0.25) is 0 Å². The van der Waals surface area contributed by atoms with Crippen molar-refractivity contribution >= 4 is 69.4 Å². The first-order valence-corrected chi connectivity index (χ1v) is 24.4. The minimum absolute atomic E-state index is 0.0382. The molecule has 398 valence electrons. The summed E-state index contributed by atoms with van der Waals surface area (Å²) in [5.74, 6) is -10.1. The highest BCUT2D eigenvalue weighted by Gasteiger charge is 2.41. The molecular weight excluding hydrogens is 927 g/mol. The maximum atomic E-state index is 13.2. The van der Waals surface area contributed by atoms with Gasteiger partial charge in [0, 0.05) is 52.6 Å². The first kappa shape index (κ1) is 62.9. The van der Waals surface area contributed by atoms with Crippen LogP contribution in [0.3, 0.4) is 0 Å². The van der Waals surface area contributed by atoms with E-state index in [2.05, 4.69) is 59.6 Å². The number of aliphatic hydroxyl groups is 2. The molecular formula is C50H77N5O16. The topological polar surface area (TPSA) is 334 Å². The van der Waals surface area contributed by atoms with E-state index in [0.717, 1.165) is 80.5 Å². The molecule has 1 aromatic heterocycles. The van der Waals surface area contributed by atoms with Crippen LogP contribution in [-0.2, 0) is 35.3 Å². The molecule has 21 heteroatoms. The summed E-state index contributed by atoms with van der Waals surface area (Å²) in [6.07, 6.45) is 7.05. The molecule has 0 bridgehead atoms. The summed E-state index contributed by atoms with van der Waals surface area (Å²) in [5, 5.41) is 76.0. The average molecular weight is 1000 g/mol. The van der Waals surface area contributed by atoms with Crippen LogP contribution in [0, 0.1) is 0 Å². The van der Waals surface area contributed by atoms with Crippen LogP contribution in [0.4, 0.5) is 0 Å². The van der Waals surface area contributed by atoms with E-state index in [4.69, 9.17) is 40.9 Å². The quantitative estimate of drug-likeness (QED) is 0.0343. The van der Waals surface area contributed by atoms with E-state index in [-0.39, 0.29) is 11.8 Å². The van der Waals surface area contributed by atoms with Crippen LogP contribution in [0.2, 0.25) is 0 Å². The molecule has 0 spiro atoms. The second kappa shape index (κ2) is 32.7. The number of nitrogens with zero attached hydrogens (tertiary/aromatic N) is 3. The third-order valence-corrected chi connectivity index (χ3v) is 11.5. The zero-order valence-corrected chi connectivity index (χ0v) is 41.9. The smallest absolute Gasteiger partial charge is 0.336 e. The Balaban J connectivity index is 0.000000789. The Morgan fingerprint density at radius 2 is 0.746 bits per heavy atom. The van der Waals surface area contributed by atoms with Crippen molar-refractivity contribution in [3.8, 4) is 0 Å². The number of hydrogen-bond acceptors (Lipinski definition) is 12. The van der Waals surface area contributed by atoms with Gasteiger partial charge in [0.15, 0.2) is 11.2 Å². The Labute approximate surface area is 414 Å². The van der Waals surface area contributed by atoms with Gasteiger partial charge in [-0.2, -0.15) is 0 Å². The van der Waals surface area contributed by atoms with Gasteiger partial charge in [-0.3, -0.25) is 28.8 Å². The van der Waals surface area contributed by atoms with Crippen molar-refractivity contribution in [1.29, 1.82) is 0 Å². The highest BCUT2D eigenvalue weighted by molar-refractivity contribution is 6.12. The Hall–Kier alpha value is -6.16. The Kier molecular flexibility index (Phi) is 28.9. The first-order valence-electron chi connectivity index (χ1n) is 24.4. The van der Waals surface area contributed by atoms with Crippen molar-refractivity contribution in [2.75, 3.05) is 52.4 Å². The zero-order valence-electron chi connectivity index (χ0n) is 41.9. The summed E-state index contributed by atoms with van der Waals surface area (Å²) < 4.78 is 2.26. The molecule has 2 aromatic carbocycles. The number of nitrogens with one attached hydrogen (secondary N) is 2. The van der Waals surface area contributed by atoms with Crippen LogP contribution < -0.4 is 10.6 Å². The highest BCUT2D eigenvalue weighted by Crippen LogP contribution is 2.31. The summed E-state index contributed by atoms with van der Waals surface area (Å²) in [7, 11) is 0. The average Bonchev–Trinajstić information content (AvgIpc) is 3.61. The van der Waals surface area contributed by atoms with Gasteiger partial charge in [-0.15, -0.1) is 0 Å². The van der Waals surface area contributed by atoms with Crippen LogP contribution in [0.15, 0.2) is 36.4 Å². The van der Waals surface area contributed by atoms with Crippen molar-refractivity contribution in [2.45, 2.75) is 142 Å². The molecule has 0 fully saturated rings. The Morgan fingerprint density at radius 1 is 0.465 bits per heavy atom. The second-order valence-corrected chi connectivity index (χ2v) is 17.5. The summed E-state index contributed by atoms with van der Waals surface area (Å²) >= 11 is 0. The van der Waals surface area contributed by atoms with Gasteiger partial charge in [-0.25, -0.2) is 9.59 Å². The highest BCUT2D eigenvalue weighted by atomic mass is 16.4. The fourth-order valence-electron chi connectivity index (χ4n) is 7.57. The van der Waals surface area contributed by atoms with Gasteiger partial charge in [-0.05, 0) is 121 Å². The van der Waals surface area contributed by atoms with E-state index in [1.807, 2.05) is 36.4 Å². The number of carboxylic acids is 6. The number of unbranched alkanes of at least 4 members (excludes halogenated alkanes) is 4. The maximum absolute atomic E-state index is 13.2. The lowest BCUT2D eigenvalue weighted by atomic mass is 9.96. The van der Waals surface area contributed by atoms with Gasteiger partial charge in [0.25, 0.3) is 11.8 Å². The molecule has 0 aliphatic heterocycles. The number of carbonyl (C=O) groups is 8. The number of aryl methyl sites for hydroxylation is 1. The van der Waals surface area contributed by atoms with Crippen LogP contribution in [0.1, 0.15) is 145 Å². The van der Waals surface area contributed by atoms with Crippen LogP contribution in [0.25, 0.3) is 21.8 Å². The summed E-state index contributed by atoms with van der Waals surface area (Å²) in [4.78, 5) is 92.4. The monoisotopic (exact) mass is 1000 g/mol. The summed E-state index contributed by atoms with van der Waals surface area (Å²) in [6.45, 7) is 19.8. The maximum Gasteiger partial charge on any atom is 0.336 e. The molecule has 0 unspecified atom stereocenters. The normalized spacial score (nSPS) is 11.4. The van der Waals surface area contributed by atoms with E-state index in [1.54, 1.807) is 0 Å². The number of aliphatic carboxylic acids is 6. The van der Waals surface area contributed by atoms with E-state index in [1.165, 1.54) is 51.4 Å². The number of aromatic nitrogens is 1. The summed E-state index contributed by atoms with van der Waals surface area (Å²) in [6, 6.07) is 11.9. The van der Waals surface area contributed by atoms with E-state index < -0.39 is 72.7 Å². The molecule has 10 N–H and O–H groups in total. The predicted molar refractivity (Wildman–Crippen MR) is 266 cm³/mol. The third kappa shape index (κ3) is 22.6. The summed E-state index contributed by atoms with van der Waals surface area (Å²) in [5.41, 5.74) is -1.98. The molecule has 0 aliphatic carbocycles. The molecule has 0 saturated heterocycles. The molecule has 3 aromatic rings. The van der Waals surface area contributed by atoms with Crippen LogP contribution in [0.5, 0.6) is 0 Å². The SMILES string of the molecule is CCCCN(CCCC)CCCNC(=O)c1ccc2c(c1)c1cc(C(=O)NCCCN(CCCC)CCCC)ccc1n2CC.O=C(O)CC(O)(CC(=O)O)C(=O)O.O=C(O)CC(O)(CC(=O)O)C(=O)O. The fourth-order valence-corrected chi connectivity index (χ4v) is 7.57. The number of carbonyl (C=O) groups excluding carboxylic acids is 2. The van der Waals surface area contributed by atoms with Crippen molar-refractivity contribution in [1.82, 2.24) is 25.0 Å². The molecule has 0 atom stereocenters. The van der Waals surface area contributed by atoms with Crippen LogP contribution in [-0.4, -0.2) is 166 Å². The van der Waals surface area contributed by atoms with Crippen molar-refractivity contribution < 1.29 is 79.2 Å². The van der Waals surface area contributed by atoms with E-state index in [9.17, 15) is 38.4 Å². The van der Waals surface area contributed by atoms with Crippen molar-refractivity contribution in [3.63, 3.8) is 0 Å². The zero-order chi connectivity index (χ0) is 53.7. The lowest BCUT2D eigenvalue weighted by molar-refractivity contribution is -0.170. The van der Waals surface area contributed by atoms with E-state index in [0.29, 0.717) is 24.2 Å². The number of fused-ring (bicyclic) bond motifs is 3. The molecule has 21 nitrogen and oxygen atoms in total. The molecule has 0 aliphatic rings. The number of benzene rings is 2. The molecule has 1 heterocycles. The standard InChI is InChI=1S/C38H61N5O2.2C6H8O7/c1-6-11-23-41(24-12-7-2)27-15-21-39-37(44)31-17-19-35-33(29-31)34-30-32(18-20-36(34)43(35)10-5)38(45)40-22-16-28-42(25-13-8-3)26-14-9-4;2*7-3(8)1-6(13,5(11)12)2-4(9)10/h17-20,29-30H,6-16,21-28H2,1-5H3,(H,39,44)(H,40,45);2*13H,1-2H2,(H,7,8)(H,9,10)(H,11,12). The van der Waals surface area contributed by atoms with Crippen molar-refractivity contribution in [3.05, 3.63) is 47.5 Å². The van der Waals surface area contributed by atoms with Gasteiger partial charge in [-0.1, -0.05) is 53.4 Å². The Morgan fingerprint density at radius 3 is 0.986 bits per heavy atom. The largest absolute Gasteiger partial charge is 0.481 e. The number of rotatable bonds is 33. The lowest BCUT2D eigenvalue weighted by Gasteiger charge is -2.21.